The summed E-state index contributed by atoms with van der Waals surface area (Å²) in [5.74, 6) is 0.543. The second-order valence-electron chi connectivity index (χ2n) is 5.69. The molecule has 0 spiro atoms. The highest BCUT2D eigenvalue weighted by molar-refractivity contribution is 14.0. The van der Waals surface area contributed by atoms with Gasteiger partial charge in [-0.05, 0) is 13.0 Å². The van der Waals surface area contributed by atoms with Gasteiger partial charge in [-0.3, -0.25) is 15.1 Å². The molecule has 0 aliphatic rings. The SMILES string of the molecule is CN=C(NCCNS(=O)(=O)c1cccc([N+](=O)[O-])c1)NCCc1csc(C)n1.I. The van der Waals surface area contributed by atoms with Gasteiger partial charge in [-0.2, -0.15) is 0 Å². The van der Waals surface area contributed by atoms with E-state index in [-0.39, 0.29) is 41.1 Å². The van der Waals surface area contributed by atoms with E-state index in [1.54, 1.807) is 18.4 Å². The molecule has 0 atom stereocenters. The molecule has 2 rings (SSSR count). The Morgan fingerprint density at radius 1 is 1.28 bits per heavy atom. The Balaban J connectivity index is 0.00000420. The molecule has 0 fully saturated rings. The maximum Gasteiger partial charge on any atom is 0.270 e. The number of halogens is 1. The highest BCUT2D eigenvalue weighted by Crippen LogP contribution is 2.16. The van der Waals surface area contributed by atoms with Crippen LogP contribution in [0.1, 0.15) is 10.7 Å². The maximum absolute atomic E-state index is 12.2. The van der Waals surface area contributed by atoms with Gasteiger partial charge < -0.3 is 10.6 Å². The lowest BCUT2D eigenvalue weighted by atomic mass is 10.3. The Bertz CT molecular complexity index is 948. The molecular weight excluding hydrogens is 531 g/mol. The van der Waals surface area contributed by atoms with Crippen LogP contribution >= 0.6 is 35.3 Å². The first-order valence-electron chi connectivity index (χ1n) is 8.41. The van der Waals surface area contributed by atoms with Crippen molar-refractivity contribution in [3.05, 3.63) is 50.5 Å². The molecule has 0 unspecified atom stereocenters. The van der Waals surface area contributed by atoms with Crippen LogP contribution in [0.4, 0.5) is 5.69 Å². The fourth-order valence-electron chi connectivity index (χ4n) is 2.27. The van der Waals surface area contributed by atoms with Crippen molar-refractivity contribution < 1.29 is 13.3 Å². The van der Waals surface area contributed by atoms with Gasteiger partial charge in [-0.15, -0.1) is 35.3 Å². The number of rotatable bonds is 9. The van der Waals surface area contributed by atoms with Crippen LogP contribution in [0.25, 0.3) is 0 Å². The molecule has 0 amide bonds. The largest absolute Gasteiger partial charge is 0.356 e. The average molecular weight is 554 g/mol. The van der Waals surface area contributed by atoms with E-state index in [1.807, 2.05) is 12.3 Å². The number of sulfonamides is 1. The highest BCUT2D eigenvalue weighted by Gasteiger charge is 2.17. The quantitative estimate of drug-likeness (QED) is 0.107. The zero-order valence-corrected chi connectivity index (χ0v) is 19.9. The summed E-state index contributed by atoms with van der Waals surface area (Å²) in [5.41, 5.74) is 0.732. The van der Waals surface area contributed by atoms with E-state index in [9.17, 15) is 18.5 Å². The number of aliphatic imine (C=N–C) groups is 1. The highest BCUT2D eigenvalue weighted by atomic mass is 127. The number of aromatic nitrogens is 1. The lowest BCUT2D eigenvalue weighted by molar-refractivity contribution is -0.385. The first kappa shape index (κ1) is 25.2. The van der Waals surface area contributed by atoms with Crippen LogP contribution < -0.4 is 15.4 Å². The number of nitrogens with one attached hydrogen (secondary N) is 3. The Kier molecular flexibility index (Phi) is 10.4. The van der Waals surface area contributed by atoms with E-state index in [4.69, 9.17) is 0 Å². The maximum atomic E-state index is 12.2. The van der Waals surface area contributed by atoms with Crippen molar-refractivity contribution in [2.45, 2.75) is 18.2 Å². The van der Waals surface area contributed by atoms with E-state index in [1.165, 1.54) is 18.2 Å². The zero-order valence-electron chi connectivity index (χ0n) is 15.9. The predicted molar refractivity (Wildman–Crippen MR) is 124 cm³/mol. The number of nitrogens with zero attached hydrogens (tertiary/aromatic N) is 3. The summed E-state index contributed by atoms with van der Waals surface area (Å²) in [5, 5.41) is 19.9. The van der Waals surface area contributed by atoms with Gasteiger partial charge in [-0.1, -0.05) is 6.07 Å². The van der Waals surface area contributed by atoms with Crippen LogP contribution in [0, 0.1) is 17.0 Å². The summed E-state index contributed by atoms with van der Waals surface area (Å²) in [4.78, 5) is 18.5. The van der Waals surface area contributed by atoms with E-state index in [0.29, 0.717) is 19.0 Å². The second kappa shape index (κ2) is 12.0. The van der Waals surface area contributed by atoms with Crippen molar-refractivity contribution in [1.82, 2.24) is 20.3 Å². The second-order valence-corrected chi connectivity index (χ2v) is 8.52. The third-order valence-corrected chi connectivity index (χ3v) is 5.89. The molecule has 0 bridgehead atoms. The van der Waals surface area contributed by atoms with Crippen molar-refractivity contribution in [2.75, 3.05) is 26.7 Å². The zero-order chi connectivity index (χ0) is 20.6. The number of non-ortho nitro benzene ring substituents is 1. The lowest BCUT2D eigenvalue weighted by Crippen LogP contribution is -2.42. The topological polar surface area (TPSA) is 139 Å². The molecule has 13 heteroatoms. The summed E-state index contributed by atoms with van der Waals surface area (Å²) in [6.45, 7) is 2.99. The lowest BCUT2D eigenvalue weighted by Gasteiger charge is -2.12. The number of nitro groups is 1. The van der Waals surface area contributed by atoms with E-state index < -0.39 is 14.9 Å². The summed E-state index contributed by atoms with van der Waals surface area (Å²) >= 11 is 1.60. The van der Waals surface area contributed by atoms with Crippen LogP contribution in [0.15, 0.2) is 39.5 Å². The molecule has 2 aromatic rings. The van der Waals surface area contributed by atoms with Crippen LogP contribution in [0.3, 0.4) is 0 Å². The normalized spacial score (nSPS) is 11.6. The van der Waals surface area contributed by atoms with Gasteiger partial charge in [0.2, 0.25) is 10.0 Å². The molecule has 1 aromatic heterocycles. The number of aryl methyl sites for hydroxylation is 1. The van der Waals surface area contributed by atoms with Crippen molar-refractivity contribution in [1.29, 1.82) is 0 Å². The van der Waals surface area contributed by atoms with Crippen molar-refractivity contribution in [3.8, 4) is 0 Å². The number of thiazole rings is 1. The number of hydrogen-bond donors (Lipinski definition) is 3. The first-order chi connectivity index (χ1) is 13.3. The Morgan fingerprint density at radius 2 is 2.00 bits per heavy atom. The predicted octanol–water partition coefficient (Wildman–Crippen LogP) is 1.66. The Labute approximate surface area is 190 Å². The van der Waals surface area contributed by atoms with Crippen LogP contribution in [0.5, 0.6) is 0 Å². The molecule has 1 heterocycles. The van der Waals surface area contributed by atoms with E-state index in [0.717, 1.165) is 23.2 Å². The van der Waals surface area contributed by atoms with Crippen molar-refractivity contribution >= 4 is 57.0 Å². The number of hydrogen-bond acceptors (Lipinski definition) is 7. The number of nitro benzene ring substituents is 1. The molecule has 160 valence electrons. The molecule has 0 saturated heterocycles. The van der Waals surface area contributed by atoms with Crippen LogP contribution in [-0.4, -0.2) is 51.0 Å². The van der Waals surface area contributed by atoms with Crippen LogP contribution in [-0.2, 0) is 16.4 Å². The van der Waals surface area contributed by atoms with Crippen molar-refractivity contribution in [3.63, 3.8) is 0 Å². The van der Waals surface area contributed by atoms with Gasteiger partial charge in [-0.25, -0.2) is 18.1 Å². The molecule has 3 N–H and O–H groups in total. The Hall–Kier alpha value is -1.84. The third kappa shape index (κ3) is 8.20. The minimum atomic E-state index is -3.83. The fraction of sp³-hybridized carbons (Fsp3) is 0.375. The monoisotopic (exact) mass is 554 g/mol. The number of benzene rings is 1. The summed E-state index contributed by atoms with van der Waals surface area (Å²) < 4.78 is 26.9. The van der Waals surface area contributed by atoms with Crippen LogP contribution in [0.2, 0.25) is 0 Å². The minimum Gasteiger partial charge on any atom is -0.356 e. The van der Waals surface area contributed by atoms with Gasteiger partial charge in [0.05, 0.1) is 20.5 Å². The molecule has 0 aliphatic heterocycles. The summed E-state index contributed by atoms with van der Waals surface area (Å²) in [6.07, 6.45) is 0.754. The van der Waals surface area contributed by atoms with E-state index >= 15 is 0 Å². The molecule has 0 saturated carbocycles. The fourth-order valence-corrected chi connectivity index (χ4v) is 3.98. The van der Waals surface area contributed by atoms with Crippen molar-refractivity contribution in [2.24, 2.45) is 4.99 Å². The van der Waals surface area contributed by atoms with Gasteiger partial charge in [0.1, 0.15) is 0 Å². The minimum absolute atomic E-state index is 0. The van der Waals surface area contributed by atoms with Gasteiger partial charge in [0, 0.05) is 50.6 Å². The van der Waals surface area contributed by atoms with E-state index in [2.05, 4.69) is 25.3 Å². The molecule has 29 heavy (non-hydrogen) atoms. The summed E-state index contributed by atoms with van der Waals surface area (Å²) in [6, 6.07) is 4.91. The number of guanidine groups is 1. The molecule has 1 aromatic carbocycles. The molecule has 0 radical (unpaired) electrons. The Morgan fingerprint density at radius 3 is 2.62 bits per heavy atom. The van der Waals surface area contributed by atoms with Gasteiger partial charge in [0.25, 0.3) is 5.69 Å². The first-order valence-corrected chi connectivity index (χ1v) is 10.8. The average Bonchev–Trinajstić information content (AvgIpc) is 3.08. The molecule has 10 nitrogen and oxygen atoms in total. The smallest absolute Gasteiger partial charge is 0.270 e. The van der Waals surface area contributed by atoms with Gasteiger partial charge >= 0.3 is 0 Å². The molecule has 0 aliphatic carbocycles. The third-order valence-electron chi connectivity index (χ3n) is 3.61. The van der Waals surface area contributed by atoms with Gasteiger partial charge in [0.15, 0.2) is 5.96 Å². The summed E-state index contributed by atoms with van der Waals surface area (Å²) in [7, 11) is -2.21. The standard InChI is InChI=1S/C16H22N6O4S2.HI/c1-12-21-13(11-27-12)6-7-18-16(17-2)19-8-9-20-28(25,26)15-5-3-4-14(10-15)22(23)24;/h3-5,10-11,20H,6-9H2,1-2H3,(H2,17,18,19);1H. The molecular formula is C16H23IN6O4S2.